The first kappa shape index (κ1) is 13.3. The Balaban J connectivity index is 2.36. The number of rotatable bonds is 3. The molecule has 0 aromatic rings. The quantitative estimate of drug-likeness (QED) is 0.695. The Bertz CT molecular complexity index is 292. The van der Waals surface area contributed by atoms with Crippen LogP contribution >= 0.6 is 0 Å². The molecule has 0 atom stereocenters. The van der Waals surface area contributed by atoms with E-state index in [1.165, 1.54) is 6.08 Å². The van der Waals surface area contributed by atoms with Crippen molar-refractivity contribution < 1.29 is 13.6 Å². The van der Waals surface area contributed by atoms with E-state index in [1.54, 1.807) is 11.0 Å². The van der Waals surface area contributed by atoms with E-state index in [0.29, 0.717) is 13.1 Å². The van der Waals surface area contributed by atoms with Crippen LogP contribution in [0.25, 0.3) is 0 Å². The summed E-state index contributed by atoms with van der Waals surface area (Å²) in [6.45, 7) is 6.15. The van der Waals surface area contributed by atoms with Gasteiger partial charge < -0.3 is 0 Å². The largest absolute Gasteiger partial charge is 0.294 e. The van der Waals surface area contributed by atoms with Crippen LogP contribution in [-0.4, -0.2) is 36.2 Å². The van der Waals surface area contributed by atoms with E-state index < -0.39 is 11.3 Å². The third-order valence-corrected chi connectivity index (χ3v) is 2.62. The number of alkyl halides is 2. The number of nitrogens with zero attached hydrogens (tertiary/aromatic N) is 1. The number of hydrogen-bond acceptors (Lipinski definition) is 2. The second-order valence-electron chi connectivity index (χ2n) is 5.36. The van der Waals surface area contributed by atoms with E-state index in [1.807, 2.05) is 20.8 Å². The third-order valence-electron chi connectivity index (χ3n) is 2.62. The maximum absolute atomic E-state index is 12.8. The first-order chi connectivity index (χ1) is 7.21. The van der Waals surface area contributed by atoms with Crippen molar-refractivity contribution in [2.45, 2.75) is 33.1 Å². The van der Waals surface area contributed by atoms with Crippen molar-refractivity contribution in [3.63, 3.8) is 0 Å². The number of ketones is 1. The maximum Gasteiger partial charge on any atom is 0.261 e. The van der Waals surface area contributed by atoms with Crippen molar-refractivity contribution in [1.82, 2.24) is 4.90 Å². The predicted molar refractivity (Wildman–Crippen MR) is 59.6 cm³/mol. The van der Waals surface area contributed by atoms with Crippen molar-refractivity contribution in [2.75, 3.05) is 19.6 Å². The number of carbonyl (C=O) groups excluding carboxylic acids is 1. The van der Waals surface area contributed by atoms with Gasteiger partial charge in [-0.15, -0.1) is 0 Å². The molecule has 2 nitrogen and oxygen atoms in total. The summed E-state index contributed by atoms with van der Waals surface area (Å²) < 4.78 is 25.7. The van der Waals surface area contributed by atoms with Crippen LogP contribution in [0.3, 0.4) is 0 Å². The monoisotopic (exact) mass is 231 g/mol. The van der Waals surface area contributed by atoms with E-state index >= 15 is 0 Å². The Hall–Kier alpha value is -0.770. The van der Waals surface area contributed by atoms with E-state index in [4.69, 9.17) is 0 Å². The number of hydrogen-bond donors (Lipinski definition) is 0. The van der Waals surface area contributed by atoms with E-state index in [9.17, 15) is 13.6 Å². The highest BCUT2D eigenvalue weighted by Gasteiger charge is 2.37. The molecule has 4 heteroatoms. The van der Waals surface area contributed by atoms with Crippen LogP contribution in [0.1, 0.15) is 27.2 Å². The lowest BCUT2D eigenvalue weighted by molar-refractivity contribution is -0.121. The minimum Gasteiger partial charge on any atom is -0.294 e. The zero-order valence-electron chi connectivity index (χ0n) is 10.1. The Morgan fingerprint density at radius 2 is 2.06 bits per heavy atom. The Morgan fingerprint density at radius 3 is 2.50 bits per heavy atom. The van der Waals surface area contributed by atoms with Gasteiger partial charge in [-0.05, 0) is 6.08 Å². The lowest BCUT2D eigenvalue weighted by atomic mass is 9.91. The Morgan fingerprint density at radius 1 is 1.44 bits per heavy atom. The molecule has 1 saturated heterocycles. The second kappa shape index (κ2) is 4.62. The second-order valence-corrected chi connectivity index (χ2v) is 5.36. The molecule has 1 heterocycles. The first-order valence-electron chi connectivity index (χ1n) is 5.52. The summed E-state index contributed by atoms with van der Waals surface area (Å²) in [6, 6.07) is 0. The molecule has 0 amide bonds. The van der Waals surface area contributed by atoms with Gasteiger partial charge in [0.2, 0.25) is 0 Å². The maximum atomic E-state index is 12.8. The summed E-state index contributed by atoms with van der Waals surface area (Å²) in [5, 5.41) is 0. The van der Waals surface area contributed by atoms with Crippen LogP contribution in [-0.2, 0) is 4.79 Å². The van der Waals surface area contributed by atoms with Crippen LogP contribution in [0, 0.1) is 5.41 Å². The smallest absolute Gasteiger partial charge is 0.261 e. The van der Waals surface area contributed by atoms with E-state index in [-0.39, 0.29) is 18.7 Å². The number of halogens is 2. The SMILES string of the molecule is CC(C)(C)C(=O)/C=C/CN1CCC(F)(F)C1. The molecule has 0 radical (unpaired) electrons. The van der Waals surface area contributed by atoms with Crippen LogP contribution in [0.4, 0.5) is 8.78 Å². The van der Waals surface area contributed by atoms with Crippen molar-refractivity contribution in [3.8, 4) is 0 Å². The van der Waals surface area contributed by atoms with Gasteiger partial charge in [-0.3, -0.25) is 9.69 Å². The molecule has 0 aliphatic carbocycles. The van der Waals surface area contributed by atoms with E-state index in [0.717, 1.165) is 0 Å². The zero-order chi connectivity index (χ0) is 12.4. The molecule has 0 saturated carbocycles. The molecule has 1 rings (SSSR count). The highest BCUT2D eigenvalue weighted by molar-refractivity contribution is 5.93. The van der Waals surface area contributed by atoms with Gasteiger partial charge in [-0.2, -0.15) is 0 Å². The molecule has 0 spiro atoms. The Labute approximate surface area is 95.3 Å². The van der Waals surface area contributed by atoms with E-state index in [2.05, 4.69) is 0 Å². The first-order valence-corrected chi connectivity index (χ1v) is 5.52. The summed E-state index contributed by atoms with van der Waals surface area (Å²) in [6.07, 6.45) is 3.10. The summed E-state index contributed by atoms with van der Waals surface area (Å²) in [4.78, 5) is 13.2. The van der Waals surface area contributed by atoms with Gasteiger partial charge in [0.1, 0.15) is 0 Å². The summed E-state index contributed by atoms with van der Waals surface area (Å²) in [5.41, 5.74) is -0.397. The van der Waals surface area contributed by atoms with Gasteiger partial charge in [0, 0.05) is 24.9 Å². The summed E-state index contributed by atoms with van der Waals surface area (Å²) in [7, 11) is 0. The summed E-state index contributed by atoms with van der Waals surface area (Å²) in [5.74, 6) is -2.53. The average molecular weight is 231 g/mol. The molecule has 0 bridgehead atoms. The van der Waals surface area contributed by atoms with Crippen molar-refractivity contribution >= 4 is 5.78 Å². The molecule has 0 aromatic heterocycles. The molecule has 92 valence electrons. The van der Waals surface area contributed by atoms with Crippen LogP contribution in [0.15, 0.2) is 12.2 Å². The van der Waals surface area contributed by atoms with Crippen LogP contribution < -0.4 is 0 Å². The topological polar surface area (TPSA) is 20.3 Å². The number of allylic oxidation sites excluding steroid dienone is 1. The standard InChI is InChI=1S/C12H19F2NO/c1-11(2,3)10(16)5-4-7-15-8-6-12(13,14)9-15/h4-5H,6-9H2,1-3H3/b5-4+. The molecular formula is C12H19F2NO. The predicted octanol–water partition coefficient (Wildman–Crippen LogP) is 2.50. The molecule has 1 fully saturated rings. The van der Waals surface area contributed by atoms with Gasteiger partial charge in [-0.25, -0.2) is 8.78 Å². The molecule has 16 heavy (non-hydrogen) atoms. The van der Waals surface area contributed by atoms with Crippen LogP contribution in [0.2, 0.25) is 0 Å². The molecule has 0 unspecified atom stereocenters. The minimum atomic E-state index is -2.55. The molecular weight excluding hydrogens is 212 g/mol. The number of likely N-dealkylation sites (tertiary alicyclic amines) is 1. The lowest BCUT2D eigenvalue weighted by Crippen LogP contribution is -2.25. The highest BCUT2D eigenvalue weighted by atomic mass is 19.3. The van der Waals surface area contributed by atoms with Gasteiger partial charge in [-0.1, -0.05) is 26.8 Å². The highest BCUT2D eigenvalue weighted by Crippen LogP contribution is 2.26. The van der Waals surface area contributed by atoms with Crippen molar-refractivity contribution in [2.24, 2.45) is 5.41 Å². The zero-order valence-corrected chi connectivity index (χ0v) is 10.1. The molecule has 0 aromatic carbocycles. The van der Waals surface area contributed by atoms with Crippen molar-refractivity contribution in [1.29, 1.82) is 0 Å². The minimum absolute atomic E-state index is 0.0263. The fraction of sp³-hybridized carbons (Fsp3) is 0.750. The third kappa shape index (κ3) is 4.00. The van der Waals surface area contributed by atoms with Gasteiger partial charge in [0.15, 0.2) is 5.78 Å². The van der Waals surface area contributed by atoms with Crippen molar-refractivity contribution in [3.05, 3.63) is 12.2 Å². The van der Waals surface area contributed by atoms with Gasteiger partial charge in [0.25, 0.3) is 5.92 Å². The van der Waals surface area contributed by atoms with Gasteiger partial charge in [0.05, 0.1) is 6.54 Å². The molecule has 1 aliphatic heterocycles. The Kier molecular flexibility index (Phi) is 3.84. The van der Waals surface area contributed by atoms with Crippen LogP contribution in [0.5, 0.6) is 0 Å². The molecule has 1 aliphatic rings. The average Bonchev–Trinajstić information content (AvgIpc) is 2.44. The fourth-order valence-corrected chi connectivity index (χ4v) is 1.52. The normalized spacial score (nSPS) is 21.8. The number of carbonyl (C=O) groups is 1. The lowest BCUT2D eigenvalue weighted by Gasteiger charge is -2.15. The van der Waals surface area contributed by atoms with Gasteiger partial charge >= 0.3 is 0 Å². The summed E-state index contributed by atoms with van der Waals surface area (Å²) >= 11 is 0. The fourth-order valence-electron chi connectivity index (χ4n) is 1.52. The molecule has 0 N–H and O–H groups in total.